The molecule has 2 rings (SSSR count). The van der Waals surface area contributed by atoms with Gasteiger partial charge in [0, 0.05) is 13.0 Å². The molecule has 1 aliphatic rings. The van der Waals surface area contributed by atoms with E-state index in [0.717, 1.165) is 12.1 Å². The summed E-state index contributed by atoms with van der Waals surface area (Å²) in [7, 11) is -1.73. The molecule has 32 heavy (non-hydrogen) atoms. The third-order valence-corrected chi connectivity index (χ3v) is 5.41. The number of amides is 2. The Morgan fingerprint density at radius 2 is 2.00 bits per heavy atom. The molecule has 1 saturated heterocycles. The second-order valence-corrected chi connectivity index (χ2v) is 7.76. The molecule has 0 spiro atoms. The summed E-state index contributed by atoms with van der Waals surface area (Å²) in [6.45, 7) is 0.831. The number of nitrogens with one attached hydrogen (secondary N) is 1. The monoisotopic (exact) mass is 479 g/mol. The second kappa shape index (κ2) is 13.0. The van der Waals surface area contributed by atoms with Crippen molar-refractivity contribution in [2.24, 2.45) is 5.73 Å². The maximum atomic E-state index is 12.8. The first-order chi connectivity index (χ1) is 14.6. The number of rotatable bonds is 10. The fraction of sp³-hybridized carbons (Fsp3) is 0.600. The molecule has 0 unspecified atom stereocenters. The Kier molecular flexibility index (Phi) is 11.5. The van der Waals surface area contributed by atoms with Gasteiger partial charge in [-0.25, -0.2) is 0 Å². The van der Waals surface area contributed by atoms with Crippen LogP contribution in [-0.2, 0) is 22.2 Å². The molecule has 1 aromatic carbocycles. The molecule has 1 aromatic rings. The number of carbonyl (C=O) groups excluding carboxylic acids is 2. The number of unbranched alkanes of at least 4 members (excludes halogenated alkanes) is 1. The fourth-order valence-electron chi connectivity index (χ4n) is 3.72. The number of hydrogen-bond donors (Lipinski definition) is 4. The molecule has 0 saturated carbocycles. The number of nitrogens with zero attached hydrogens (tertiary/aromatic N) is 1. The maximum absolute atomic E-state index is 12.8. The Bertz CT molecular complexity index is 755. The first kappa shape index (κ1) is 28.2. The van der Waals surface area contributed by atoms with Gasteiger partial charge in [0.2, 0.25) is 11.8 Å². The number of halogens is 4. The van der Waals surface area contributed by atoms with Crippen molar-refractivity contribution in [2.45, 2.75) is 63.1 Å². The van der Waals surface area contributed by atoms with Gasteiger partial charge in [-0.15, -0.1) is 12.4 Å². The summed E-state index contributed by atoms with van der Waals surface area (Å²) in [6, 6.07) is 4.11. The molecule has 1 aliphatic heterocycles. The zero-order valence-electron chi connectivity index (χ0n) is 17.7. The molecule has 2 atom stereocenters. The summed E-state index contributed by atoms with van der Waals surface area (Å²) >= 11 is 0. The number of likely N-dealkylation sites (tertiary alicyclic amines) is 1. The van der Waals surface area contributed by atoms with Crippen LogP contribution in [-0.4, -0.2) is 59.0 Å². The average Bonchev–Trinajstić information content (AvgIpc) is 3.21. The van der Waals surface area contributed by atoms with E-state index in [2.05, 4.69) is 5.32 Å². The lowest BCUT2D eigenvalue weighted by molar-refractivity contribution is -0.138. The number of hydrogen-bond acceptors (Lipinski definition) is 5. The van der Waals surface area contributed by atoms with Crippen molar-refractivity contribution in [2.75, 3.05) is 13.1 Å². The molecule has 5 N–H and O–H groups in total. The van der Waals surface area contributed by atoms with Crippen LogP contribution < -0.4 is 11.1 Å². The molecule has 0 radical (unpaired) electrons. The van der Waals surface area contributed by atoms with Gasteiger partial charge >= 0.3 is 13.3 Å². The van der Waals surface area contributed by atoms with Crippen LogP contribution in [0.1, 0.15) is 49.7 Å². The molecule has 1 heterocycles. The molecule has 12 heteroatoms. The van der Waals surface area contributed by atoms with Crippen molar-refractivity contribution in [1.29, 1.82) is 0 Å². The summed E-state index contributed by atoms with van der Waals surface area (Å²) in [5.41, 5.74) is 5.06. The van der Waals surface area contributed by atoms with Gasteiger partial charge in [0.25, 0.3) is 0 Å². The lowest BCUT2D eigenvalue weighted by Crippen LogP contribution is -2.53. The molecule has 0 aliphatic carbocycles. The van der Waals surface area contributed by atoms with Crippen molar-refractivity contribution < 1.29 is 32.8 Å². The topological polar surface area (TPSA) is 116 Å². The maximum Gasteiger partial charge on any atom is 0.475 e. The van der Waals surface area contributed by atoms with Crippen LogP contribution in [0.15, 0.2) is 24.3 Å². The summed E-state index contributed by atoms with van der Waals surface area (Å²) in [6.07, 6.45) is -1.64. The van der Waals surface area contributed by atoms with Gasteiger partial charge < -0.3 is 26.0 Å². The minimum Gasteiger partial charge on any atom is -0.426 e. The van der Waals surface area contributed by atoms with E-state index in [1.807, 2.05) is 0 Å². The summed E-state index contributed by atoms with van der Waals surface area (Å²) in [5.74, 6) is -1.64. The molecule has 2 amide bonds. The summed E-state index contributed by atoms with van der Waals surface area (Å²) in [5, 5.41) is 21.6. The number of alkyl halides is 3. The summed E-state index contributed by atoms with van der Waals surface area (Å²) in [4.78, 5) is 26.7. The lowest BCUT2D eigenvalue weighted by Gasteiger charge is -2.26. The highest BCUT2D eigenvalue weighted by molar-refractivity contribution is 6.43. The van der Waals surface area contributed by atoms with Crippen LogP contribution in [0, 0.1) is 0 Å². The van der Waals surface area contributed by atoms with Crippen LogP contribution in [0.2, 0.25) is 0 Å². The van der Waals surface area contributed by atoms with Gasteiger partial charge in [0.1, 0.15) is 6.04 Å². The van der Waals surface area contributed by atoms with Crippen molar-refractivity contribution in [1.82, 2.24) is 10.2 Å². The Balaban J connectivity index is 0.00000512. The van der Waals surface area contributed by atoms with E-state index in [9.17, 15) is 32.8 Å². The quantitative estimate of drug-likeness (QED) is 0.301. The van der Waals surface area contributed by atoms with E-state index >= 15 is 0 Å². The smallest absolute Gasteiger partial charge is 0.426 e. The van der Waals surface area contributed by atoms with Crippen LogP contribution in [0.3, 0.4) is 0 Å². The number of benzene rings is 1. The van der Waals surface area contributed by atoms with Gasteiger partial charge in [0.15, 0.2) is 0 Å². The Morgan fingerprint density at radius 3 is 2.62 bits per heavy atom. The van der Waals surface area contributed by atoms with Crippen LogP contribution in [0.5, 0.6) is 0 Å². The third kappa shape index (κ3) is 8.27. The van der Waals surface area contributed by atoms with Crippen LogP contribution in [0.4, 0.5) is 13.2 Å². The highest BCUT2D eigenvalue weighted by atomic mass is 35.5. The molecule has 7 nitrogen and oxygen atoms in total. The van der Waals surface area contributed by atoms with Crippen molar-refractivity contribution in [3.05, 3.63) is 35.4 Å². The zero-order chi connectivity index (χ0) is 23.0. The van der Waals surface area contributed by atoms with Crippen LogP contribution in [0.25, 0.3) is 0 Å². The Morgan fingerprint density at radius 1 is 1.28 bits per heavy atom. The molecular formula is C20H30BClF3N3O4. The van der Waals surface area contributed by atoms with E-state index in [4.69, 9.17) is 5.73 Å². The van der Waals surface area contributed by atoms with Gasteiger partial charge in [-0.05, 0) is 50.3 Å². The van der Waals surface area contributed by atoms with Crippen molar-refractivity contribution in [3.63, 3.8) is 0 Å². The number of carbonyl (C=O) groups is 2. The standard InChI is InChI=1S/C20H29BF3N3O4.ClH/c22-20(23,24)15-6-3-5-14(13-15)9-10-18(28)27-12-4-7-16(27)19(29)26-17(21(30)31)8-1-2-11-25;/h3,5-6,13,16-17,30-31H,1-2,4,7-12,25H2,(H,26,29);1H/t16-,17-;/m0./s1. The van der Waals surface area contributed by atoms with Crippen LogP contribution >= 0.6 is 12.4 Å². The van der Waals surface area contributed by atoms with Gasteiger partial charge in [0.05, 0.1) is 11.5 Å². The van der Waals surface area contributed by atoms with Gasteiger partial charge in [-0.2, -0.15) is 13.2 Å². The SMILES string of the molecule is Cl.NCCCC[C@H](NC(=O)[C@@H]1CCCN1C(=O)CCc1cccc(C(F)(F)F)c1)B(O)O. The van der Waals surface area contributed by atoms with E-state index in [1.54, 1.807) is 0 Å². The minimum absolute atomic E-state index is 0. The Labute approximate surface area is 192 Å². The van der Waals surface area contributed by atoms with E-state index in [1.165, 1.54) is 17.0 Å². The molecular weight excluding hydrogens is 449 g/mol. The zero-order valence-corrected chi connectivity index (χ0v) is 18.5. The highest BCUT2D eigenvalue weighted by Crippen LogP contribution is 2.30. The average molecular weight is 480 g/mol. The van der Waals surface area contributed by atoms with E-state index < -0.39 is 36.7 Å². The Hall–Kier alpha value is -1.82. The first-order valence-corrected chi connectivity index (χ1v) is 10.5. The van der Waals surface area contributed by atoms with E-state index in [-0.39, 0.29) is 31.2 Å². The minimum atomic E-state index is -4.45. The van der Waals surface area contributed by atoms with Crippen molar-refractivity contribution in [3.8, 4) is 0 Å². The first-order valence-electron chi connectivity index (χ1n) is 10.5. The molecule has 180 valence electrons. The molecule has 0 aromatic heterocycles. The fourth-order valence-corrected chi connectivity index (χ4v) is 3.72. The summed E-state index contributed by atoms with van der Waals surface area (Å²) < 4.78 is 38.5. The number of nitrogens with two attached hydrogens (primary N) is 1. The third-order valence-electron chi connectivity index (χ3n) is 5.41. The molecule has 1 fully saturated rings. The van der Waals surface area contributed by atoms with Gasteiger partial charge in [-0.3, -0.25) is 9.59 Å². The highest BCUT2D eigenvalue weighted by Gasteiger charge is 2.36. The number of aryl methyl sites for hydroxylation is 1. The normalized spacial score (nSPS) is 16.9. The largest absolute Gasteiger partial charge is 0.475 e. The predicted octanol–water partition coefficient (Wildman–Crippen LogP) is 1.68. The lowest BCUT2D eigenvalue weighted by atomic mass is 9.76. The van der Waals surface area contributed by atoms with Gasteiger partial charge in [-0.1, -0.05) is 24.6 Å². The predicted molar refractivity (Wildman–Crippen MR) is 117 cm³/mol. The molecule has 0 bridgehead atoms. The van der Waals surface area contributed by atoms with E-state index in [0.29, 0.717) is 50.8 Å². The van der Waals surface area contributed by atoms with Crippen molar-refractivity contribution >= 4 is 31.3 Å². The second-order valence-electron chi connectivity index (χ2n) is 7.76.